The molecule has 1 aromatic rings. The number of nitrogens with zero attached hydrogens (tertiary/aromatic N) is 1. The predicted molar refractivity (Wildman–Crippen MR) is 58.2 cm³/mol. The maximum atomic E-state index is 12.9. The lowest BCUT2D eigenvalue weighted by atomic mass is 10.3. The van der Waals surface area contributed by atoms with Crippen molar-refractivity contribution < 1.29 is 8.78 Å². The summed E-state index contributed by atoms with van der Waals surface area (Å²) in [6.07, 6.45) is 0. The van der Waals surface area contributed by atoms with Crippen molar-refractivity contribution in [3.05, 3.63) is 29.8 Å². The lowest BCUT2D eigenvalue weighted by Crippen LogP contribution is -2.28. The molecule has 84 valence electrons. The minimum absolute atomic E-state index is 0.687. The fraction of sp³-hybridized carbons (Fsp3) is 0.455. The third-order valence-corrected chi connectivity index (χ3v) is 2.22. The van der Waals surface area contributed by atoms with Crippen LogP contribution in [-0.4, -0.2) is 26.7 Å². The van der Waals surface area contributed by atoms with Crippen LogP contribution in [0, 0.1) is 11.6 Å². The second-order valence-corrected chi connectivity index (χ2v) is 3.37. The van der Waals surface area contributed by atoms with Gasteiger partial charge in [-0.25, -0.2) is 8.78 Å². The van der Waals surface area contributed by atoms with Crippen molar-refractivity contribution >= 4 is 5.69 Å². The van der Waals surface area contributed by atoms with E-state index < -0.39 is 11.6 Å². The van der Waals surface area contributed by atoms with Gasteiger partial charge in [-0.3, -0.25) is 0 Å². The van der Waals surface area contributed by atoms with Gasteiger partial charge in [0.2, 0.25) is 0 Å². The number of likely N-dealkylation sites (N-methyl/N-ethyl adjacent to an activating group) is 2. The van der Waals surface area contributed by atoms with E-state index in [4.69, 9.17) is 0 Å². The van der Waals surface area contributed by atoms with Crippen LogP contribution in [0.15, 0.2) is 18.2 Å². The number of hydrogen-bond donors (Lipinski definition) is 1. The van der Waals surface area contributed by atoms with Crippen LogP contribution in [-0.2, 0) is 0 Å². The van der Waals surface area contributed by atoms with Crippen LogP contribution in [0.25, 0.3) is 0 Å². The molecule has 0 heterocycles. The van der Waals surface area contributed by atoms with Crippen molar-refractivity contribution in [2.24, 2.45) is 0 Å². The smallest absolute Gasteiger partial charge is 0.160 e. The van der Waals surface area contributed by atoms with Gasteiger partial charge in [-0.05, 0) is 18.7 Å². The van der Waals surface area contributed by atoms with Crippen molar-refractivity contribution in [1.29, 1.82) is 0 Å². The van der Waals surface area contributed by atoms with E-state index in [9.17, 15) is 8.78 Å². The summed E-state index contributed by atoms with van der Waals surface area (Å²) in [6, 6.07) is 3.93. The maximum Gasteiger partial charge on any atom is 0.160 e. The van der Waals surface area contributed by atoms with Crippen molar-refractivity contribution in [2.45, 2.75) is 6.92 Å². The van der Waals surface area contributed by atoms with Gasteiger partial charge in [0.05, 0.1) is 0 Å². The summed E-state index contributed by atoms with van der Waals surface area (Å²) in [7, 11) is 1.85. The van der Waals surface area contributed by atoms with Crippen LogP contribution < -0.4 is 10.2 Å². The number of rotatable bonds is 5. The largest absolute Gasteiger partial charge is 0.373 e. The summed E-state index contributed by atoms with van der Waals surface area (Å²) in [5.41, 5.74) is 0.687. The molecular weight excluding hydrogens is 198 g/mol. The zero-order valence-corrected chi connectivity index (χ0v) is 9.06. The van der Waals surface area contributed by atoms with Gasteiger partial charge >= 0.3 is 0 Å². The molecular formula is C11H16F2N2. The van der Waals surface area contributed by atoms with Crippen LogP contribution >= 0.6 is 0 Å². The summed E-state index contributed by atoms with van der Waals surface area (Å²) in [5, 5.41) is 3.17. The highest BCUT2D eigenvalue weighted by molar-refractivity contribution is 5.45. The van der Waals surface area contributed by atoms with Crippen molar-refractivity contribution in [1.82, 2.24) is 5.32 Å². The molecule has 0 aromatic heterocycles. The van der Waals surface area contributed by atoms with Crippen LogP contribution in [0.3, 0.4) is 0 Å². The number of hydrogen-bond acceptors (Lipinski definition) is 2. The standard InChI is InChI=1S/C11H16F2N2/c1-3-14-6-7-15(2)9-4-5-10(12)11(13)8-9/h4-5,8,14H,3,6-7H2,1-2H3. The van der Waals surface area contributed by atoms with Crippen molar-refractivity contribution in [3.8, 4) is 0 Å². The molecule has 0 amide bonds. The molecule has 0 aliphatic heterocycles. The molecule has 0 fully saturated rings. The highest BCUT2D eigenvalue weighted by Crippen LogP contribution is 2.15. The predicted octanol–water partition coefficient (Wildman–Crippen LogP) is 2.01. The fourth-order valence-corrected chi connectivity index (χ4v) is 1.28. The van der Waals surface area contributed by atoms with E-state index in [1.54, 1.807) is 6.07 Å². The molecule has 4 heteroatoms. The zero-order chi connectivity index (χ0) is 11.3. The number of benzene rings is 1. The van der Waals surface area contributed by atoms with Gasteiger partial charge in [-0.2, -0.15) is 0 Å². The van der Waals surface area contributed by atoms with E-state index in [-0.39, 0.29) is 0 Å². The topological polar surface area (TPSA) is 15.3 Å². The SMILES string of the molecule is CCNCCN(C)c1ccc(F)c(F)c1. The van der Waals surface area contributed by atoms with Gasteiger partial charge in [-0.15, -0.1) is 0 Å². The summed E-state index contributed by atoms with van der Waals surface area (Å²) in [5.74, 6) is -1.61. The van der Waals surface area contributed by atoms with E-state index in [1.165, 1.54) is 6.07 Å². The molecule has 1 rings (SSSR count). The molecule has 0 spiro atoms. The molecule has 0 saturated heterocycles. The van der Waals surface area contributed by atoms with Gasteiger partial charge < -0.3 is 10.2 Å². The van der Waals surface area contributed by atoms with Gasteiger partial charge in [0.15, 0.2) is 11.6 Å². The monoisotopic (exact) mass is 214 g/mol. The summed E-state index contributed by atoms with van der Waals surface area (Å²) in [4.78, 5) is 1.88. The average Bonchev–Trinajstić information content (AvgIpc) is 2.22. The fourth-order valence-electron chi connectivity index (χ4n) is 1.28. The van der Waals surface area contributed by atoms with Crippen LogP contribution in [0.4, 0.5) is 14.5 Å². The average molecular weight is 214 g/mol. The minimum Gasteiger partial charge on any atom is -0.373 e. The van der Waals surface area contributed by atoms with Gasteiger partial charge in [-0.1, -0.05) is 6.92 Å². The third-order valence-electron chi connectivity index (χ3n) is 2.22. The van der Waals surface area contributed by atoms with Gasteiger partial charge in [0.25, 0.3) is 0 Å². The first-order chi connectivity index (χ1) is 7.15. The summed E-state index contributed by atoms with van der Waals surface area (Å²) in [6.45, 7) is 4.52. The Morgan fingerprint density at radius 1 is 1.27 bits per heavy atom. The highest BCUT2D eigenvalue weighted by Gasteiger charge is 2.05. The number of anilines is 1. The molecule has 0 aliphatic carbocycles. The van der Waals surface area contributed by atoms with Gasteiger partial charge in [0.1, 0.15) is 0 Å². The van der Waals surface area contributed by atoms with E-state index in [2.05, 4.69) is 5.32 Å². The Morgan fingerprint density at radius 2 is 2.00 bits per heavy atom. The molecule has 0 aliphatic rings. The Balaban J connectivity index is 2.57. The lowest BCUT2D eigenvalue weighted by molar-refractivity contribution is 0.508. The second-order valence-electron chi connectivity index (χ2n) is 3.37. The Bertz CT molecular complexity index is 315. The Labute approximate surface area is 88.9 Å². The molecule has 0 bridgehead atoms. The Morgan fingerprint density at radius 3 is 2.60 bits per heavy atom. The molecule has 0 saturated carbocycles. The van der Waals surface area contributed by atoms with Crippen LogP contribution in [0.1, 0.15) is 6.92 Å². The van der Waals surface area contributed by atoms with Gasteiger partial charge in [0, 0.05) is 31.9 Å². The first-order valence-electron chi connectivity index (χ1n) is 5.02. The first kappa shape index (κ1) is 11.9. The van der Waals surface area contributed by atoms with E-state index in [1.807, 2.05) is 18.9 Å². The molecule has 0 radical (unpaired) electrons. The molecule has 1 aromatic carbocycles. The van der Waals surface area contributed by atoms with Crippen LogP contribution in [0.2, 0.25) is 0 Å². The lowest BCUT2D eigenvalue weighted by Gasteiger charge is -2.19. The van der Waals surface area contributed by atoms with E-state index >= 15 is 0 Å². The third kappa shape index (κ3) is 3.47. The number of halogens is 2. The normalized spacial score (nSPS) is 10.4. The Hall–Kier alpha value is -1.16. The first-order valence-corrected chi connectivity index (χ1v) is 5.02. The highest BCUT2D eigenvalue weighted by atomic mass is 19.2. The second kappa shape index (κ2) is 5.66. The quantitative estimate of drug-likeness (QED) is 0.754. The van der Waals surface area contributed by atoms with Crippen LogP contribution in [0.5, 0.6) is 0 Å². The zero-order valence-electron chi connectivity index (χ0n) is 9.06. The summed E-state index contributed by atoms with van der Waals surface area (Å²) < 4.78 is 25.6. The van der Waals surface area contributed by atoms with Crippen molar-refractivity contribution in [2.75, 3.05) is 31.6 Å². The molecule has 0 unspecified atom stereocenters. The Kier molecular flexibility index (Phi) is 4.49. The van der Waals surface area contributed by atoms with E-state index in [0.29, 0.717) is 5.69 Å². The number of nitrogens with one attached hydrogen (secondary N) is 1. The summed E-state index contributed by atoms with van der Waals surface area (Å²) >= 11 is 0. The molecule has 0 atom stereocenters. The van der Waals surface area contributed by atoms with Crippen molar-refractivity contribution in [3.63, 3.8) is 0 Å². The molecule has 2 nitrogen and oxygen atoms in total. The maximum absolute atomic E-state index is 12.9. The van der Waals surface area contributed by atoms with E-state index in [0.717, 1.165) is 25.7 Å². The molecule has 15 heavy (non-hydrogen) atoms. The molecule has 1 N–H and O–H groups in total. The minimum atomic E-state index is -0.807.